The van der Waals surface area contributed by atoms with E-state index >= 15 is 0 Å². The first-order valence-corrected chi connectivity index (χ1v) is 9.84. The molecule has 0 saturated carbocycles. The van der Waals surface area contributed by atoms with Crippen LogP contribution in [0.2, 0.25) is 0 Å². The molecule has 150 valence electrons. The first-order chi connectivity index (χ1) is 12.1. The summed E-state index contributed by atoms with van der Waals surface area (Å²) in [7, 11) is 0. The number of carboxylic acid groups (broad SMARTS) is 1. The van der Waals surface area contributed by atoms with Gasteiger partial charge in [0.2, 0.25) is 17.7 Å². The molecule has 0 unspecified atom stereocenters. The minimum atomic E-state index is -1.27. The molecular weight excluding hydrogens is 360 g/mol. The van der Waals surface area contributed by atoms with Crippen LogP contribution in [0.4, 0.5) is 0 Å². The topological polar surface area (TPSA) is 165 Å². The number of aliphatic carboxylic acids is 1. The summed E-state index contributed by atoms with van der Waals surface area (Å²) in [4.78, 5) is 46.7. The van der Waals surface area contributed by atoms with Gasteiger partial charge in [0.15, 0.2) is 0 Å². The quantitative estimate of drug-likeness (QED) is 0.281. The number of carbonyl (C=O) groups is 4. The molecule has 3 atom stereocenters. The van der Waals surface area contributed by atoms with Crippen molar-refractivity contribution in [1.29, 1.82) is 0 Å². The van der Waals surface area contributed by atoms with Gasteiger partial charge in [-0.15, -0.1) is 0 Å². The SMILES string of the molecule is CSCC[C@H](NC(=O)[C@@H](N)CC(C)C)C(=O)N[C@@H](CCC(N)=O)C(=O)O. The van der Waals surface area contributed by atoms with Crippen LogP contribution in [-0.2, 0) is 19.2 Å². The lowest BCUT2D eigenvalue weighted by atomic mass is 10.0. The van der Waals surface area contributed by atoms with Crippen molar-refractivity contribution in [1.82, 2.24) is 10.6 Å². The zero-order valence-corrected chi connectivity index (χ0v) is 16.3. The van der Waals surface area contributed by atoms with Gasteiger partial charge in [0.1, 0.15) is 12.1 Å². The minimum Gasteiger partial charge on any atom is -0.480 e. The second kappa shape index (κ2) is 12.5. The predicted molar refractivity (Wildman–Crippen MR) is 100 cm³/mol. The van der Waals surface area contributed by atoms with Gasteiger partial charge in [0, 0.05) is 6.42 Å². The minimum absolute atomic E-state index is 0.119. The van der Waals surface area contributed by atoms with E-state index in [4.69, 9.17) is 11.5 Å². The van der Waals surface area contributed by atoms with Crippen molar-refractivity contribution < 1.29 is 24.3 Å². The van der Waals surface area contributed by atoms with Crippen LogP contribution < -0.4 is 22.1 Å². The maximum absolute atomic E-state index is 12.4. The van der Waals surface area contributed by atoms with Gasteiger partial charge >= 0.3 is 5.97 Å². The highest BCUT2D eigenvalue weighted by atomic mass is 32.2. The molecule has 0 rings (SSSR count). The van der Waals surface area contributed by atoms with Crippen LogP contribution >= 0.6 is 11.8 Å². The summed E-state index contributed by atoms with van der Waals surface area (Å²) >= 11 is 1.49. The van der Waals surface area contributed by atoms with Crippen LogP contribution in [0.15, 0.2) is 0 Å². The number of thioether (sulfide) groups is 1. The first kappa shape index (κ1) is 24.2. The van der Waals surface area contributed by atoms with Crippen molar-refractivity contribution in [2.75, 3.05) is 12.0 Å². The lowest BCUT2D eigenvalue weighted by Gasteiger charge is -2.23. The Morgan fingerprint density at radius 1 is 1.04 bits per heavy atom. The monoisotopic (exact) mass is 390 g/mol. The Morgan fingerprint density at radius 2 is 1.62 bits per heavy atom. The number of carboxylic acids is 1. The van der Waals surface area contributed by atoms with E-state index in [2.05, 4.69) is 10.6 Å². The number of rotatable bonds is 13. The van der Waals surface area contributed by atoms with Crippen LogP contribution in [0.1, 0.15) is 39.5 Å². The zero-order chi connectivity index (χ0) is 20.3. The third kappa shape index (κ3) is 10.2. The Hall–Kier alpha value is -1.81. The summed E-state index contributed by atoms with van der Waals surface area (Å²) < 4.78 is 0. The van der Waals surface area contributed by atoms with E-state index in [0.29, 0.717) is 18.6 Å². The van der Waals surface area contributed by atoms with Crippen molar-refractivity contribution >= 4 is 35.5 Å². The molecule has 0 saturated heterocycles. The molecule has 0 heterocycles. The van der Waals surface area contributed by atoms with Gasteiger partial charge in [-0.1, -0.05) is 13.8 Å². The van der Waals surface area contributed by atoms with E-state index in [0.717, 1.165) is 0 Å². The lowest BCUT2D eigenvalue weighted by Crippen LogP contribution is -2.54. The molecule has 0 aromatic carbocycles. The Labute approximate surface area is 158 Å². The molecule has 26 heavy (non-hydrogen) atoms. The second-order valence-corrected chi connectivity index (χ2v) is 7.47. The average Bonchev–Trinajstić information content (AvgIpc) is 2.53. The highest BCUT2D eigenvalue weighted by Gasteiger charge is 2.28. The predicted octanol–water partition coefficient (Wildman–Crippen LogP) is -0.567. The van der Waals surface area contributed by atoms with Crippen LogP contribution in [-0.4, -0.2) is 58.9 Å². The molecule has 0 radical (unpaired) electrons. The Morgan fingerprint density at radius 3 is 2.08 bits per heavy atom. The molecule has 9 nitrogen and oxygen atoms in total. The largest absolute Gasteiger partial charge is 0.480 e. The maximum Gasteiger partial charge on any atom is 0.326 e. The van der Waals surface area contributed by atoms with Crippen molar-refractivity contribution in [3.63, 3.8) is 0 Å². The smallest absolute Gasteiger partial charge is 0.326 e. The first-order valence-electron chi connectivity index (χ1n) is 8.44. The van der Waals surface area contributed by atoms with Gasteiger partial charge in [-0.25, -0.2) is 4.79 Å². The van der Waals surface area contributed by atoms with Gasteiger partial charge in [-0.05, 0) is 37.2 Å². The molecule has 0 aliphatic heterocycles. The molecule has 0 aromatic heterocycles. The fourth-order valence-corrected chi connectivity index (χ4v) is 2.69. The van der Waals surface area contributed by atoms with Gasteiger partial charge in [0.25, 0.3) is 0 Å². The summed E-state index contributed by atoms with van der Waals surface area (Å²) in [5.41, 5.74) is 10.8. The summed E-state index contributed by atoms with van der Waals surface area (Å²) in [6.45, 7) is 3.86. The van der Waals surface area contributed by atoms with Gasteiger partial charge in [-0.3, -0.25) is 14.4 Å². The zero-order valence-electron chi connectivity index (χ0n) is 15.5. The highest BCUT2D eigenvalue weighted by Crippen LogP contribution is 2.06. The molecule has 0 aliphatic rings. The number of carbonyl (C=O) groups excluding carboxylic acids is 3. The van der Waals surface area contributed by atoms with Crippen LogP contribution in [0.5, 0.6) is 0 Å². The molecule has 0 aliphatic carbocycles. The summed E-state index contributed by atoms with van der Waals surface area (Å²) in [5, 5.41) is 14.1. The van der Waals surface area contributed by atoms with E-state index in [1.165, 1.54) is 11.8 Å². The van der Waals surface area contributed by atoms with Crippen LogP contribution in [0.3, 0.4) is 0 Å². The van der Waals surface area contributed by atoms with E-state index < -0.39 is 41.8 Å². The number of nitrogens with two attached hydrogens (primary N) is 2. The van der Waals surface area contributed by atoms with E-state index in [9.17, 15) is 24.3 Å². The van der Waals surface area contributed by atoms with E-state index in [1.54, 1.807) is 0 Å². The average molecular weight is 391 g/mol. The van der Waals surface area contributed by atoms with Crippen molar-refractivity contribution in [2.24, 2.45) is 17.4 Å². The molecule has 0 spiro atoms. The molecule has 10 heteroatoms. The fraction of sp³-hybridized carbons (Fsp3) is 0.750. The van der Waals surface area contributed by atoms with Crippen molar-refractivity contribution in [2.45, 2.75) is 57.7 Å². The molecule has 3 amide bonds. The summed E-state index contributed by atoms with van der Waals surface area (Å²) in [5.74, 6) is -2.19. The number of hydrogen-bond acceptors (Lipinski definition) is 6. The molecule has 0 bridgehead atoms. The normalized spacial score (nSPS) is 14.3. The maximum atomic E-state index is 12.4. The lowest BCUT2D eigenvalue weighted by molar-refractivity contribution is -0.142. The summed E-state index contributed by atoms with van der Waals surface area (Å²) in [6.07, 6.45) is 2.37. The number of primary amides is 1. The van der Waals surface area contributed by atoms with Crippen LogP contribution in [0.25, 0.3) is 0 Å². The standard InChI is InChI=1S/C16H30N4O5S/c1-9(2)8-10(17)14(22)19-11(6-7-26-3)15(23)20-12(16(24)25)4-5-13(18)21/h9-12H,4-8,17H2,1-3H3,(H2,18,21)(H,19,22)(H,20,23)(H,24,25)/t10-,11-,12-/m0/s1. The highest BCUT2D eigenvalue weighted by molar-refractivity contribution is 7.98. The van der Waals surface area contributed by atoms with Gasteiger partial charge in [0.05, 0.1) is 6.04 Å². The van der Waals surface area contributed by atoms with E-state index in [-0.39, 0.29) is 18.8 Å². The Bertz CT molecular complexity index is 501. The Balaban J connectivity index is 4.96. The van der Waals surface area contributed by atoms with Crippen molar-refractivity contribution in [3.8, 4) is 0 Å². The third-order valence-corrected chi connectivity index (χ3v) is 4.24. The fourth-order valence-electron chi connectivity index (χ4n) is 2.21. The van der Waals surface area contributed by atoms with Crippen LogP contribution in [0, 0.1) is 5.92 Å². The molecule has 0 aromatic rings. The summed E-state index contributed by atoms with van der Waals surface area (Å²) in [6, 6.07) is -2.90. The number of hydrogen-bond donors (Lipinski definition) is 5. The van der Waals surface area contributed by atoms with Gasteiger partial charge < -0.3 is 27.2 Å². The number of nitrogens with one attached hydrogen (secondary N) is 2. The molecule has 7 N–H and O–H groups in total. The molecular formula is C16H30N4O5S. The molecule has 0 fully saturated rings. The van der Waals surface area contributed by atoms with Gasteiger partial charge in [-0.2, -0.15) is 11.8 Å². The van der Waals surface area contributed by atoms with Crippen molar-refractivity contribution in [3.05, 3.63) is 0 Å². The third-order valence-electron chi connectivity index (χ3n) is 3.60. The second-order valence-electron chi connectivity index (χ2n) is 6.48. The van der Waals surface area contributed by atoms with E-state index in [1.807, 2.05) is 20.1 Å². The number of amides is 3. The Kier molecular flexibility index (Phi) is 11.7.